The fourth-order valence-corrected chi connectivity index (χ4v) is 2.85. The van der Waals surface area contributed by atoms with E-state index in [0.717, 1.165) is 51.7 Å². The first-order valence-electron chi connectivity index (χ1n) is 7.12. The summed E-state index contributed by atoms with van der Waals surface area (Å²) < 4.78 is 0. The summed E-state index contributed by atoms with van der Waals surface area (Å²) in [5, 5.41) is 6.30. The van der Waals surface area contributed by atoms with Crippen molar-refractivity contribution in [1.29, 1.82) is 0 Å². The van der Waals surface area contributed by atoms with Gasteiger partial charge in [0.25, 0.3) is 5.91 Å². The third-order valence-electron chi connectivity index (χ3n) is 4.26. The molecule has 3 fully saturated rings. The van der Waals surface area contributed by atoms with E-state index in [1.165, 1.54) is 0 Å². The third kappa shape index (κ3) is 2.23. The number of rotatable bonds is 2. The predicted octanol–water partition coefficient (Wildman–Crippen LogP) is 0.469. The van der Waals surface area contributed by atoms with E-state index >= 15 is 0 Å². The zero-order valence-electron chi connectivity index (χ0n) is 11.0. The molecule has 1 unspecified atom stereocenters. The van der Waals surface area contributed by atoms with Gasteiger partial charge in [-0.2, -0.15) is 0 Å². The molecule has 100 valence electrons. The van der Waals surface area contributed by atoms with Crippen molar-refractivity contribution < 1.29 is 4.79 Å². The van der Waals surface area contributed by atoms with Gasteiger partial charge in [0.1, 0.15) is 5.54 Å². The summed E-state index contributed by atoms with van der Waals surface area (Å²) in [6, 6.07) is 0.445. The molecule has 2 N–H and O–H groups in total. The molecule has 1 atom stereocenters. The van der Waals surface area contributed by atoms with Crippen molar-refractivity contribution in [3.63, 3.8) is 0 Å². The summed E-state index contributed by atoms with van der Waals surface area (Å²) >= 11 is 0. The normalized spacial score (nSPS) is 35.6. The van der Waals surface area contributed by atoms with Gasteiger partial charge in [0.2, 0.25) is 0 Å². The number of amides is 1. The average Bonchev–Trinajstić information content (AvgIpc) is 3.12. The number of nitrogens with zero attached hydrogens (tertiary/aromatic N) is 2. The molecule has 5 nitrogen and oxygen atoms in total. The van der Waals surface area contributed by atoms with Crippen molar-refractivity contribution in [2.24, 2.45) is 4.99 Å². The maximum Gasteiger partial charge on any atom is 0.252 e. The molecule has 1 aliphatic carbocycles. The van der Waals surface area contributed by atoms with Crippen molar-refractivity contribution >= 4 is 11.9 Å². The maximum atomic E-state index is 12.2. The Bertz CT molecular complexity index is 377. The highest BCUT2D eigenvalue weighted by Gasteiger charge is 2.45. The first-order valence-corrected chi connectivity index (χ1v) is 7.12. The molecular formula is C13H22N4O. The Hall–Kier alpha value is -1.10. The number of guanidine groups is 1. The zero-order chi connectivity index (χ0) is 12.6. The van der Waals surface area contributed by atoms with Crippen LogP contribution in [-0.2, 0) is 4.79 Å². The summed E-state index contributed by atoms with van der Waals surface area (Å²) in [7, 11) is 0. The van der Waals surface area contributed by atoms with E-state index in [1.807, 2.05) is 0 Å². The number of hydrogen-bond acceptors (Lipinski definition) is 3. The molecule has 0 aromatic rings. The summed E-state index contributed by atoms with van der Waals surface area (Å²) in [5.74, 6) is 0.840. The van der Waals surface area contributed by atoms with E-state index in [4.69, 9.17) is 0 Å². The van der Waals surface area contributed by atoms with E-state index in [0.29, 0.717) is 12.0 Å². The topological polar surface area (TPSA) is 56.7 Å². The van der Waals surface area contributed by atoms with Gasteiger partial charge in [0.05, 0.1) is 6.04 Å². The smallest absolute Gasteiger partial charge is 0.252 e. The van der Waals surface area contributed by atoms with Crippen LogP contribution < -0.4 is 10.6 Å². The van der Waals surface area contributed by atoms with Gasteiger partial charge in [-0.1, -0.05) is 6.92 Å². The number of carbonyl (C=O) groups is 1. The van der Waals surface area contributed by atoms with Crippen molar-refractivity contribution in [3.8, 4) is 0 Å². The fourth-order valence-electron chi connectivity index (χ4n) is 2.85. The van der Waals surface area contributed by atoms with Gasteiger partial charge in [0.15, 0.2) is 5.96 Å². The van der Waals surface area contributed by atoms with Crippen LogP contribution in [0.2, 0.25) is 0 Å². The van der Waals surface area contributed by atoms with Crippen molar-refractivity contribution in [1.82, 2.24) is 15.5 Å². The Morgan fingerprint density at radius 2 is 2.22 bits per heavy atom. The summed E-state index contributed by atoms with van der Waals surface area (Å²) in [6.45, 7) is 5.34. The summed E-state index contributed by atoms with van der Waals surface area (Å²) in [5.41, 5.74) is -0.391. The van der Waals surface area contributed by atoms with E-state index < -0.39 is 5.54 Å². The lowest BCUT2D eigenvalue weighted by Crippen LogP contribution is -2.47. The second kappa shape index (κ2) is 4.53. The lowest BCUT2D eigenvalue weighted by atomic mass is 9.91. The van der Waals surface area contributed by atoms with E-state index in [2.05, 4.69) is 27.4 Å². The monoisotopic (exact) mass is 250 g/mol. The van der Waals surface area contributed by atoms with Crippen LogP contribution in [-0.4, -0.2) is 48.0 Å². The Balaban J connectivity index is 1.71. The Kier molecular flexibility index (Phi) is 3.01. The third-order valence-corrected chi connectivity index (χ3v) is 4.26. The largest absolute Gasteiger partial charge is 0.342 e. The Labute approximate surface area is 108 Å². The molecule has 0 aromatic carbocycles. The molecule has 1 spiro atoms. The number of hydrogen-bond donors (Lipinski definition) is 2. The Morgan fingerprint density at radius 1 is 1.39 bits per heavy atom. The van der Waals surface area contributed by atoms with E-state index in [9.17, 15) is 4.79 Å². The fraction of sp³-hybridized carbons (Fsp3) is 0.846. The SMILES string of the molecule is CCN1CCCC2(CC1)NC(=NC1CC1)NC2=O. The molecule has 0 aromatic heterocycles. The van der Waals surface area contributed by atoms with Gasteiger partial charge in [0, 0.05) is 6.54 Å². The van der Waals surface area contributed by atoms with Crippen molar-refractivity contribution in [3.05, 3.63) is 0 Å². The molecule has 2 saturated heterocycles. The summed E-state index contributed by atoms with van der Waals surface area (Å²) in [6.07, 6.45) is 5.20. The zero-order valence-corrected chi connectivity index (χ0v) is 11.0. The highest BCUT2D eigenvalue weighted by atomic mass is 16.2. The number of likely N-dealkylation sites (tertiary alicyclic amines) is 1. The van der Waals surface area contributed by atoms with Gasteiger partial charge in [-0.3, -0.25) is 10.1 Å². The average molecular weight is 250 g/mol. The van der Waals surface area contributed by atoms with Crippen LogP contribution in [0.1, 0.15) is 39.0 Å². The molecule has 3 aliphatic rings. The molecule has 18 heavy (non-hydrogen) atoms. The second-order valence-electron chi connectivity index (χ2n) is 5.66. The molecule has 0 radical (unpaired) electrons. The molecule has 1 amide bonds. The lowest BCUT2D eigenvalue weighted by molar-refractivity contribution is -0.124. The van der Waals surface area contributed by atoms with Crippen molar-refractivity contribution in [2.75, 3.05) is 19.6 Å². The van der Waals surface area contributed by atoms with Crippen LogP contribution in [0.25, 0.3) is 0 Å². The predicted molar refractivity (Wildman–Crippen MR) is 70.4 cm³/mol. The highest BCUT2D eigenvalue weighted by molar-refractivity contribution is 6.09. The van der Waals surface area contributed by atoms with Crippen LogP contribution in [0.5, 0.6) is 0 Å². The first kappa shape index (κ1) is 12.0. The molecular weight excluding hydrogens is 228 g/mol. The standard InChI is InChI=1S/C13H22N4O/c1-2-17-8-3-6-13(7-9-17)11(18)15-12(16-13)14-10-4-5-10/h10H,2-9H2,1H3,(H2,14,15,16,18). The van der Waals surface area contributed by atoms with Crippen molar-refractivity contribution in [2.45, 2.75) is 50.6 Å². The van der Waals surface area contributed by atoms with Gasteiger partial charge < -0.3 is 10.2 Å². The minimum Gasteiger partial charge on any atom is -0.342 e. The van der Waals surface area contributed by atoms with Gasteiger partial charge in [-0.05, 0) is 45.2 Å². The molecule has 0 bridgehead atoms. The number of carbonyl (C=O) groups excluding carboxylic acids is 1. The van der Waals surface area contributed by atoms with Gasteiger partial charge >= 0.3 is 0 Å². The molecule has 2 aliphatic heterocycles. The van der Waals surface area contributed by atoms with Crippen LogP contribution in [0.3, 0.4) is 0 Å². The first-order chi connectivity index (χ1) is 8.72. The van der Waals surface area contributed by atoms with Gasteiger partial charge in [-0.15, -0.1) is 0 Å². The number of nitrogens with one attached hydrogen (secondary N) is 2. The quantitative estimate of drug-likeness (QED) is 0.749. The van der Waals surface area contributed by atoms with E-state index in [1.54, 1.807) is 0 Å². The van der Waals surface area contributed by atoms with Crippen LogP contribution in [0, 0.1) is 0 Å². The van der Waals surface area contributed by atoms with Crippen LogP contribution >= 0.6 is 0 Å². The molecule has 2 heterocycles. The molecule has 5 heteroatoms. The molecule has 1 saturated carbocycles. The van der Waals surface area contributed by atoms with E-state index in [-0.39, 0.29) is 5.91 Å². The minimum atomic E-state index is -0.391. The lowest BCUT2D eigenvalue weighted by Gasteiger charge is -2.24. The number of aliphatic imine (C=N–C) groups is 1. The molecule has 3 rings (SSSR count). The minimum absolute atomic E-state index is 0.125. The van der Waals surface area contributed by atoms with Gasteiger partial charge in [-0.25, -0.2) is 4.99 Å². The van der Waals surface area contributed by atoms with Crippen LogP contribution in [0.15, 0.2) is 4.99 Å². The summed E-state index contributed by atoms with van der Waals surface area (Å²) in [4.78, 5) is 19.2. The van der Waals surface area contributed by atoms with Crippen LogP contribution in [0.4, 0.5) is 0 Å². The second-order valence-corrected chi connectivity index (χ2v) is 5.66. The maximum absolute atomic E-state index is 12.2. The Morgan fingerprint density at radius 3 is 2.94 bits per heavy atom. The highest BCUT2D eigenvalue weighted by Crippen LogP contribution is 2.28.